The Kier molecular flexibility index (Phi) is 5.24. The molecule has 1 aliphatic rings. The molecule has 0 atom stereocenters. The fraction of sp³-hybridized carbons (Fsp3) is 0.500. The lowest BCUT2D eigenvalue weighted by molar-refractivity contribution is 0.860. The summed E-state index contributed by atoms with van der Waals surface area (Å²) >= 11 is 1.78. The third-order valence-corrected chi connectivity index (χ3v) is 4.08. The van der Waals surface area contributed by atoms with Crippen molar-refractivity contribution in [2.24, 2.45) is 16.1 Å². The van der Waals surface area contributed by atoms with Crippen LogP contribution in [0.3, 0.4) is 0 Å². The first-order valence-electron chi connectivity index (χ1n) is 7.20. The molecule has 20 heavy (non-hydrogen) atoms. The van der Waals surface area contributed by atoms with Crippen molar-refractivity contribution in [2.75, 3.05) is 17.2 Å². The summed E-state index contributed by atoms with van der Waals surface area (Å²) in [5, 5.41) is 9.61. The van der Waals surface area contributed by atoms with Crippen LogP contribution in [0.1, 0.15) is 39.2 Å². The number of thioether (sulfide) groups is 1. The average molecular weight is 289 g/mol. The van der Waals surface area contributed by atoms with Gasteiger partial charge >= 0.3 is 0 Å². The van der Waals surface area contributed by atoms with Crippen LogP contribution in [0, 0.1) is 5.92 Å². The van der Waals surface area contributed by atoms with Crippen molar-refractivity contribution in [3.63, 3.8) is 0 Å². The second kappa shape index (κ2) is 6.93. The van der Waals surface area contributed by atoms with Gasteiger partial charge in [-0.15, -0.1) is 5.10 Å². The summed E-state index contributed by atoms with van der Waals surface area (Å²) in [4.78, 5) is 2.29. The summed E-state index contributed by atoms with van der Waals surface area (Å²) in [5.74, 6) is 2.02. The summed E-state index contributed by atoms with van der Waals surface area (Å²) in [6, 6.07) is 8.59. The van der Waals surface area contributed by atoms with E-state index in [4.69, 9.17) is 0 Å². The number of hydrogen-bond acceptors (Lipinski definition) is 3. The van der Waals surface area contributed by atoms with Crippen LogP contribution in [0.2, 0.25) is 0 Å². The van der Waals surface area contributed by atoms with Crippen molar-refractivity contribution >= 4 is 28.8 Å². The molecule has 0 saturated carbocycles. The van der Waals surface area contributed by atoms with E-state index in [1.807, 2.05) is 6.21 Å². The van der Waals surface area contributed by atoms with Crippen LogP contribution >= 0.6 is 11.8 Å². The maximum Gasteiger partial charge on any atom is 0.190 e. The van der Waals surface area contributed by atoms with Crippen LogP contribution in [0.25, 0.3) is 0 Å². The molecule has 1 saturated heterocycles. The highest BCUT2D eigenvalue weighted by atomic mass is 32.2. The van der Waals surface area contributed by atoms with Crippen molar-refractivity contribution in [1.82, 2.24) is 0 Å². The molecular formula is C16H23N3S. The number of benzene rings is 1. The Bertz CT molecular complexity index is 506. The molecular weight excluding hydrogens is 266 g/mol. The molecule has 0 aliphatic carbocycles. The van der Waals surface area contributed by atoms with Crippen molar-refractivity contribution in [3.05, 3.63) is 29.8 Å². The minimum atomic E-state index is 0.433. The van der Waals surface area contributed by atoms with Crippen LogP contribution < -0.4 is 4.90 Å². The highest BCUT2D eigenvalue weighted by Gasteiger charge is 2.23. The van der Waals surface area contributed by atoms with Gasteiger partial charge in [0.2, 0.25) is 0 Å². The Hall–Kier alpha value is -1.29. The maximum atomic E-state index is 4.40. The third kappa shape index (κ3) is 3.63. The van der Waals surface area contributed by atoms with E-state index in [0.29, 0.717) is 11.8 Å². The van der Waals surface area contributed by atoms with Crippen molar-refractivity contribution < 1.29 is 0 Å². The molecule has 0 unspecified atom stereocenters. The van der Waals surface area contributed by atoms with E-state index in [1.54, 1.807) is 11.8 Å². The number of hydrogen-bond donors (Lipinski definition) is 0. The predicted octanol–water partition coefficient (Wildman–Crippen LogP) is 4.36. The molecule has 0 amide bonds. The maximum absolute atomic E-state index is 4.40. The fourth-order valence-electron chi connectivity index (χ4n) is 2.15. The van der Waals surface area contributed by atoms with Gasteiger partial charge in [-0.25, -0.2) is 0 Å². The van der Waals surface area contributed by atoms with Crippen LogP contribution in [0.5, 0.6) is 0 Å². The largest absolute Gasteiger partial charge is 0.318 e. The zero-order valence-corrected chi connectivity index (χ0v) is 13.5. The van der Waals surface area contributed by atoms with Gasteiger partial charge in [0.15, 0.2) is 5.17 Å². The standard InChI is InChI=1S/C16H23N3S/c1-12(2)11-17-18-16-19(9-10-20-16)15-8-6-5-7-14(15)13(3)4/h5-8,11-13H,9-10H2,1-4H3/b17-11+,18-16-. The molecule has 2 rings (SSSR count). The van der Waals surface area contributed by atoms with Crippen LogP contribution in [0.4, 0.5) is 5.69 Å². The van der Waals surface area contributed by atoms with Crippen LogP contribution in [-0.4, -0.2) is 23.7 Å². The van der Waals surface area contributed by atoms with E-state index >= 15 is 0 Å². The highest BCUT2D eigenvalue weighted by Crippen LogP contribution is 2.32. The second-order valence-corrected chi connectivity index (χ2v) is 6.67. The Morgan fingerprint density at radius 2 is 1.95 bits per heavy atom. The second-order valence-electron chi connectivity index (χ2n) is 5.60. The summed E-state index contributed by atoms with van der Waals surface area (Å²) in [7, 11) is 0. The van der Waals surface area contributed by atoms with Crippen LogP contribution in [-0.2, 0) is 0 Å². The van der Waals surface area contributed by atoms with Gasteiger partial charge < -0.3 is 4.90 Å². The molecule has 0 spiro atoms. The summed E-state index contributed by atoms with van der Waals surface area (Å²) in [5.41, 5.74) is 2.64. The predicted molar refractivity (Wildman–Crippen MR) is 91.1 cm³/mol. The SMILES string of the molecule is CC(C)/C=N/N=C1\SCCN1c1ccccc1C(C)C. The average Bonchev–Trinajstić information content (AvgIpc) is 2.86. The molecule has 108 valence electrons. The Morgan fingerprint density at radius 1 is 1.20 bits per heavy atom. The number of nitrogens with zero attached hydrogens (tertiary/aromatic N) is 3. The van der Waals surface area contributed by atoms with Gasteiger partial charge in [-0.05, 0) is 23.5 Å². The Balaban J connectivity index is 2.27. The van der Waals surface area contributed by atoms with E-state index < -0.39 is 0 Å². The zero-order chi connectivity index (χ0) is 14.5. The molecule has 3 nitrogen and oxygen atoms in total. The minimum absolute atomic E-state index is 0.433. The Labute approximate surface area is 126 Å². The van der Waals surface area contributed by atoms with E-state index in [0.717, 1.165) is 17.5 Å². The summed E-state index contributed by atoms with van der Waals surface area (Å²) in [6.07, 6.45) is 1.89. The van der Waals surface area contributed by atoms with E-state index in [2.05, 4.69) is 67.1 Å². The lowest BCUT2D eigenvalue weighted by Gasteiger charge is -2.22. The number of rotatable bonds is 4. The zero-order valence-electron chi connectivity index (χ0n) is 12.7. The first-order valence-corrected chi connectivity index (χ1v) is 8.18. The molecule has 1 aliphatic heterocycles. The van der Waals surface area contributed by atoms with E-state index in [1.165, 1.54) is 11.3 Å². The molecule has 0 radical (unpaired) electrons. The van der Waals surface area contributed by atoms with Gasteiger partial charge in [0.05, 0.1) is 0 Å². The molecule has 0 bridgehead atoms. The van der Waals surface area contributed by atoms with Gasteiger partial charge in [-0.2, -0.15) is 5.10 Å². The van der Waals surface area contributed by atoms with Gasteiger partial charge in [0.1, 0.15) is 0 Å². The van der Waals surface area contributed by atoms with Crippen molar-refractivity contribution in [3.8, 4) is 0 Å². The normalized spacial score (nSPS) is 18.1. The van der Waals surface area contributed by atoms with Crippen molar-refractivity contribution in [2.45, 2.75) is 33.6 Å². The van der Waals surface area contributed by atoms with Gasteiger partial charge in [0.25, 0.3) is 0 Å². The third-order valence-electron chi connectivity index (χ3n) is 3.13. The lowest BCUT2D eigenvalue weighted by Crippen LogP contribution is -2.24. The first-order chi connectivity index (χ1) is 9.59. The summed E-state index contributed by atoms with van der Waals surface area (Å²) < 4.78 is 0. The fourth-order valence-corrected chi connectivity index (χ4v) is 3.05. The molecule has 0 aromatic heterocycles. The molecule has 1 aromatic carbocycles. The highest BCUT2D eigenvalue weighted by molar-refractivity contribution is 8.14. The monoisotopic (exact) mass is 289 g/mol. The number of amidine groups is 1. The number of para-hydroxylation sites is 1. The van der Waals surface area contributed by atoms with Gasteiger partial charge in [-0.3, -0.25) is 0 Å². The van der Waals surface area contributed by atoms with E-state index in [-0.39, 0.29) is 0 Å². The minimum Gasteiger partial charge on any atom is -0.318 e. The topological polar surface area (TPSA) is 28.0 Å². The molecule has 1 heterocycles. The Morgan fingerprint density at radius 3 is 2.65 bits per heavy atom. The molecule has 1 fully saturated rings. The number of anilines is 1. The first kappa shape index (κ1) is 15.1. The summed E-state index contributed by atoms with van der Waals surface area (Å²) in [6.45, 7) is 9.69. The lowest BCUT2D eigenvalue weighted by atomic mass is 10.0. The van der Waals surface area contributed by atoms with Gasteiger partial charge in [-0.1, -0.05) is 57.7 Å². The van der Waals surface area contributed by atoms with E-state index in [9.17, 15) is 0 Å². The van der Waals surface area contributed by atoms with Crippen LogP contribution in [0.15, 0.2) is 34.5 Å². The molecule has 1 aromatic rings. The quantitative estimate of drug-likeness (QED) is 0.608. The van der Waals surface area contributed by atoms with Crippen molar-refractivity contribution in [1.29, 1.82) is 0 Å². The molecule has 0 N–H and O–H groups in total. The molecule has 4 heteroatoms. The van der Waals surface area contributed by atoms with Gasteiger partial charge in [0, 0.05) is 24.2 Å². The smallest absolute Gasteiger partial charge is 0.190 e.